The SMILES string of the molecule is C[C@@H](NC(=O)c1ccccc1NC(=S)Nc1ccccc1F)c1ccccc1. The summed E-state index contributed by atoms with van der Waals surface area (Å²) in [6, 6.07) is 22.8. The van der Waals surface area contributed by atoms with Gasteiger partial charge < -0.3 is 16.0 Å². The molecule has 0 unspecified atom stereocenters. The summed E-state index contributed by atoms with van der Waals surface area (Å²) in [5.74, 6) is -0.637. The van der Waals surface area contributed by atoms with Crippen LogP contribution in [-0.4, -0.2) is 11.0 Å². The van der Waals surface area contributed by atoms with Crippen molar-refractivity contribution in [1.29, 1.82) is 0 Å². The average molecular weight is 393 g/mol. The van der Waals surface area contributed by atoms with Gasteiger partial charge in [-0.1, -0.05) is 54.6 Å². The number of hydrogen-bond donors (Lipinski definition) is 3. The Hall–Kier alpha value is -3.25. The standard InChI is InChI=1S/C22H20FN3OS/c1-15(16-9-3-2-4-10-16)24-21(27)17-11-5-7-13-19(17)25-22(28)26-20-14-8-6-12-18(20)23/h2-15H,1H3,(H,24,27)(H2,25,26,28)/t15-/m1/s1. The lowest BCUT2D eigenvalue weighted by Crippen LogP contribution is -2.28. The molecule has 0 aromatic heterocycles. The second kappa shape index (κ2) is 9.10. The summed E-state index contributed by atoms with van der Waals surface area (Å²) in [6.45, 7) is 1.92. The highest BCUT2D eigenvalue weighted by atomic mass is 32.1. The fourth-order valence-corrected chi connectivity index (χ4v) is 2.95. The largest absolute Gasteiger partial charge is 0.345 e. The molecule has 142 valence electrons. The van der Waals surface area contributed by atoms with Crippen molar-refractivity contribution in [3.63, 3.8) is 0 Å². The van der Waals surface area contributed by atoms with Gasteiger partial charge in [-0.3, -0.25) is 4.79 Å². The van der Waals surface area contributed by atoms with E-state index in [1.54, 1.807) is 42.5 Å². The molecular weight excluding hydrogens is 373 g/mol. The van der Waals surface area contributed by atoms with Gasteiger partial charge >= 0.3 is 0 Å². The maximum absolute atomic E-state index is 13.8. The Morgan fingerprint density at radius 1 is 0.857 bits per heavy atom. The van der Waals surface area contributed by atoms with E-state index in [9.17, 15) is 9.18 Å². The van der Waals surface area contributed by atoms with Crippen LogP contribution in [0.3, 0.4) is 0 Å². The summed E-state index contributed by atoms with van der Waals surface area (Å²) in [5, 5.41) is 8.96. The second-order valence-electron chi connectivity index (χ2n) is 6.21. The number of para-hydroxylation sites is 2. The Bertz CT molecular complexity index is 978. The third kappa shape index (κ3) is 4.92. The first kappa shape index (κ1) is 19.5. The molecule has 0 radical (unpaired) electrons. The predicted molar refractivity (Wildman–Crippen MR) is 115 cm³/mol. The monoisotopic (exact) mass is 393 g/mol. The van der Waals surface area contributed by atoms with E-state index in [2.05, 4.69) is 16.0 Å². The Morgan fingerprint density at radius 2 is 1.43 bits per heavy atom. The molecule has 0 aliphatic carbocycles. The van der Waals surface area contributed by atoms with Crippen molar-refractivity contribution < 1.29 is 9.18 Å². The van der Waals surface area contributed by atoms with Crippen LogP contribution in [0.5, 0.6) is 0 Å². The van der Waals surface area contributed by atoms with E-state index in [0.29, 0.717) is 11.3 Å². The number of hydrogen-bond acceptors (Lipinski definition) is 2. The number of carbonyl (C=O) groups excluding carboxylic acids is 1. The van der Waals surface area contributed by atoms with Gasteiger partial charge in [-0.05, 0) is 49.0 Å². The van der Waals surface area contributed by atoms with E-state index in [-0.39, 0.29) is 22.7 Å². The molecule has 3 aromatic rings. The summed E-state index contributed by atoms with van der Waals surface area (Å²) in [7, 11) is 0. The van der Waals surface area contributed by atoms with Crippen molar-refractivity contribution in [2.75, 3.05) is 10.6 Å². The molecule has 0 aliphatic heterocycles. The molecule has 3 rings (SSSR count). The van der Waals surface area contributed by atoms with Gasteiger partial charge in [-0.15, -0.1) is 0 Å². The third-order valence-electron chi connectivity index (χ3n) is 4.19. The summed E-state index contributed by atoms with van der Waals surface area (Å²) < 4.78 is 13.8. The number of anilines is 2. The number of halogens is 1. The van der Waals surface area contributed by atoms with Crippen molar-refractivity contribution >= 4 is 34.6 Å². The highest BCUT2D eigenvalue weighted by molar-refractivity contribution is 7.80. The first-order valence-electron chi connectivity index (χ1n) is 8.82. The molecule has 3 N–H and O–H groups in total. The summed E-state index contributed by atoms with van der Waals surface area (Å²) in [4.78, 5) is 12.8. The van der Waals surface area contributed by atoms with E-state index in [1.165, 1.54) is 6.07 Å². The third-order valence-corrected chi connectivity index (χ3v) is 4.39. The smallest absolute Gasteiger partial charge is 0.253 e. The number of nitrogens with one attached hydrogen (secondary N) is 3. The van der Waals surface area contributed by atoms with Crippen LogP contribution in [0.4, 0.5) is 15.8 Å². The fourth-order valence-electron chi connectivity index (χ4n) is 2.73. The molecule has 0 saturated carbocycles. The van der Waals surface area contributed by atoms with Gasteiger partial charge in [0.2, 0.25) is 0 Å². The van der Waals surface area contributed by atoms with Gasteiger partial charge in [0.05, 0.1) is 23.0 Å². The van der Waals surface area contributed by atoms with Crippen LogP contribution in [0.2, 0.25) is 0 Å². The number of carbonyl (C=O) groups is 1. The van der Waals surface area contributed by atoms with Gasteiger partial charge in [0.1, 0.15) is 5.82 Å². The minimum Gasteiger partial charge on any atom is -0.345 e. The lowest BCUT2D eigenvalue weighted by molar-refractivity contribution is 0.0941. The molecule has 3 aromatic carbocycles. The Balaban J connectivity index is 1.71. The quantitative estimate of drug-likeness (QED) is 0.526. The zero-order chi connectivity index (χ0) is 19.9. The van der Waals surface area contributed by atoms with Gasteiger partial charge in [-0.25, -0.2) is 4.39 Å². The molecular formula is C22H20FN3OS. The van der Waals surface area contributed by atoms with Crippen LogP contribution in [0, 0.1) is 5.82 Å². The molecule has 0 fully saturated rings. The molecule has 4 nitrogen and oxygen atoms in total. The van der Waals surface area contributed by atoms with Crippen molar-refractivity contribution in [1.82, 2.24) is 5.32 Å². The maximum Gasteiger partial charge on any atom is 0.253 e. The maximum atomic E-state index is 13.8. The van der Waals surface area contributed by atoms with E-state index in [0.717, 1.165) is 5.56 Å². The van der Waals surface area contributed by atoms with Gasteiger partial charge in [0.15, 0.2) is 5.11 Å². The molecule has 0 aliphatic rings. The lowest BCUT2D eigenvalue weighted by Gasteiger charge is -2.17. The first-order valence-corrected chi connectivity index (χ1v) is 9.23. The lowest BCUT2D eigenvalue weighted by atomic mass is 10.1. The van der Waals surface area contributed by atoms with Gasteiger partial charge in [0, 0.05) is 0 Å². The molecule has 1 amide bonds. The van der Waals surface area contributed by atoms with Crippen molar-refractivity contribution in [2.45, 2.75) is 13.0 Å². The molecule has 28 heavy (non-hydrogen) atoms. The highest BCUT2D eigenvalue weighted by Crippen LogP contribution is 2.19. The number of thiocarbonyl (C=S) groups is 1. The zero-order valence-electron chi connectivity index (χ0n) is 15.3. The van der Waals surface area contributed by atoms with Crippen LogP contribution >= 0.6 is 12.2 Å². The van der Waals surface area contributed by atoms with Crippen LogP contribution < -0.4 is 16.0 Å². The molecule has 0 spiro atoms. The van der Waals surface area contributed by atoms with E-state index < -0.39 is 5.82 Å². The van der Waals surface area contributed by atoms with Gasteiger partial charge in [0.25, 0.3) is 5.91 Å². The van der Waals surface area contributed by atoms with Crippen LogP contribution in [0.1, 0.15) is 28.9 Å². The molecule has 6 heteroatoms. The minimum absolute atomic E-state index is 0.148. The van der Waals surface area contributed by atoms with E-state index in [1.807, 2.05) is 37.3 Å². The normalized spacial score (nSPS) is 11.4. The number of amides is 1. The summed E-state index contributed by atoms with van der Waals surface area (Å²) in [5.41, 5.74) is 2.26. The Labute approximate surface area is 168 Å². The molecule has 0 saturated heterocycles. The number of rotatable bonds is 5. The van der Waals surface area contributed by atoms with E-state index in [4.69, 9.17) is 12.2 Å². The summed E-state index contributed by atoms with van der Waals surface area (Å²) >= 11 is 5.27. The van der Waals surface area contributed by atoms with Crippen LogP contribution in [0.15, 0.2) is 78.9 Å². The first-order chi connectivity index (χ1) is 13.5. The number of benzene rings is 3. The van der Waals surface area contributed by atoms with E-state index >= 15 is 0 Å². The summed E-state index contributed by atoms with van der Waals surface area (Å²) in [6.07, 6.45) is 0. The zero-order valence-corrected chi connectivity index (χ0v) is 16.1. The van der Waals surface area contributed by atoms with Crippen LogP contribution in [-0.2, 0) is 0 Å². The Morgan fingerprint density at radius 3 is 2.14 bits per heavy atom. The topological polar surface area (TPSA) is 53.2 Å². The molecule has 0 heterocycles. The predicted octanol–water partition coefficient (Wildman–Crippen LogP) is 5.13. The Kier molecular flexibility index (Phi) is 6.34. The van der Waals surface area contributed by atoms with Crippen molar-refractivity contribution in [3.8, 4) is 0 Å². The fraction of sp³-hybridized carbons (Fsp3) is 0.0909. The molecule has 0 bridgehead atoms. The van der Waals surface area contributed by atoms with Crippen molar-refractivity contribution in [2.24, 2.45) is 0 Å². The van der Waals surface area contributed by atoms with Crippen molar-refractivity contribution in [3.05, 3.63) is 95.8 Å². The minimum atomic E-state index is -0.408. The van der Waals surface area contributed by atoms with Gasteiger partial charge in [-0.2, -0.15) is 0 Å². The van der Waals surface area contributed by atoms with Crippen LogP contribution in [0.25, 0.3) is 0 Å². The average Bonchev–Trinajstić information content (AvgIpc) is 2.70. The second-order valence-corrected chi connectivity index (χ2v) is 6.62. The molecule has 1 atom stereocenters. The highest BCUT2D eigenvalue weighted by Gasteiger charge is 2.15.